The van der Waals surface area contributed by atoms with Gasteiger partial charge in [-0.3, -0.25) is 0 Å². The number of anilines is 2. The summed E-state index contributed by atoms with van der Waals surface area (Å²) >= 11 is 15.3. The third-order valence-electron chi connectivity index (χ3n) is 3.95. The van der Waals surface area contributed by atoms with Gasteiger partial charge in [0.1, 0.15) is 17.8 Å². The molecular formula is C19H16Cl2FN5S. The molecule has 9 heteroatoms. The molecular weight excluding hydrogens is 420 g/mol. The lowest BCUT2D eigenvalue weighted by Crippen LogP contribution is -1.95. The average Bonchev–Trinajstić information content (AvgIpc) is 2.95. The van der Waals surface area contributed by atoms with E-state index >= 15 is 0 Å². The zero-order valence-corrected chi connectivity index (χ0v) is 17.1. The Morgan fingerprint density at radius 2 is 1.71 bits per heavy atom. The summed E-state index contributed by atoms with van der Waals surface area (Å²) in [6.07, 6.45) is 3.16. The van der Waals surface area contributed by atoms with Crippen molar-refractivity contribution in [3.05, 3.63) is 64.8 Å². The van der Waals surface area contributed by atoms with E-state index in [0.717, 1.165) is 4.90 Å². The van der Waals surface area contributed by atoms with Crippen LogP contribution in [0.15, 0.2) is 53.8 Å². The highest BCUT2D eigenvalue weighted by Gasteiger charge is 2.17. The fourth-order valence-corrected chi connectivity index (χ4v) is 3.69. The minimum absolute atomic E-state index is 0.102. The van der Waals surface area contributed by atoms with Crippen LogP contribution in [-0.4, -0.2) is 14.5 Å². The lowest BCUT2D eigenvalue weighted by molar-refractivity contribution is 0.636. The number of hydrogen-bond donors (Lipinski definition) is 3. The molecule has 0 aliphatic heterocycles. The Morgan fingerprint density at radius 3 is 2.36 bits per heavy atom. The van der Waals surface area contributed by atoms with Gasteiger partial charge >= 0.3 is 0 Å². The molecule has 144 valence electrons. The molecule has 2 aromatic carbocycles. The summed E-state index contributed by atoms with van der Waals surface area (Å²) in [7, 11) is 1.82. The second-order valence-electron chi connectivity index (χ2n) is 5.95. The maximum atomic E-state index is 14.1. The maximum absolute atomic E-state index is 14.1. The molecule has 4 N–H and O–H groups in total. The first-order valence-corrected chi connectivity index (χ1v) is 9.23. The molecule has 0 unspecified atom stereocenters. The minimum atomic E-state index is -0.460. The predicted octanol–water partition coefficient (Wildman–Crippen LogP) is 5.22. The number of thiol groups is 1. The Bertz CT molecular complexity index is 1110. The smallest absolute Gasteiger partial charge is 0.153 e. The van der Waals surface area contributed by atoms with E-state index in [-0.39, 0.29) is 5.69 Å². The third-order valence-corrected chi connectivity index (χ3v) is 4.64. The van der Waals surface area contributed by atoms with E-state index in [1.54, 1.807) is 41.1 Å². The van der Waals surface area contributed by atoms with Gasteiger partial charge in [-0.15, -0.1) is 12.6 Å². The Hall–Kier alpha value is -2.48. The van der Waals surface area contributed by atoms with Crippen molar-refractivity contribution in [2.24, 2.45) is 7.05 Å². The van der Waals surface area contributed by atoms with Crippen molar-refractivity contribution in [3.63, 3.8) is 0 Å². The normalized spacial score (nSPS) is 10.6. The number of halogens is 3. The zero-order valence-electron chi connectivity index (χ0n) is 14.7. The summed E-state index contributed by atoms with van der Waals surface area (Å²) < 4.78 is 15.9. The first-order valence-electron chi connectivity index (χ1n) is 8.03. The van der Waals surface area contributed by atoms with Gasteiger partial charge in [0.05, 0.1) is 11.1 Å². The summed E-state index contributed by atoms with van der Waals surface area (Å²) in [5.41, 5.74) is 13.3. The van der Waals surface area contributed by atoms with Crippen molar-refractivity contribution in [3.8, 4) is 11.1 Å². The molecule has 0 aliphatic carbocycles. The molecule has 0 aliphatic rings. The largest absolute Gasteiger partial charge is 0.396 e. The van der Waals surface area contributed by atoms with Gasteiger partial charge in [0.2, 0.25) is 0 Å². The molecule has 0 spiro atoms. The van der Waals surface area contributed by atoms with Crippen LogP contribution in [0.5, 0.6) is 0 Å². The van der Waals surface area contributed by atoms with Gasteiger partial charge in [0.15, 0.2) is 5.82 Å². The van der Waals surface area contributed by atoms with E-state index in [1.165, 1.54) is 12.4 Å². The standard InChI is InChI=1S/C13H12FN5.C6H4Cl2S/c1-19-5-8(7-3-2-4-9(15)11(7)14)10-12(16)17-6-18-13(10)19;7-4-1-5(8)3-6(9)2-4/h2-6H,15H2,1H3,(H2,16,17,18);1-3,9H. The third kappa shape index (κ3) is 4.16. The molecule has 0 amide bonds. The van der Waals surface area contributed by atoms with Crippen LogP contribution in [0, 0.1) is 5.82 Å². The second kappa shape index (κ2) is 8.26. The zero-order chi connectivity index (χ0) is 20.4. The van der Waals surface area contributed by atoms with Gasteiger partial charge in [-0.05, 0) is 24.3 Å². The van der Waals surface area contributed by atoms with E-state index < -0.39 is 5.82 Å². The SMILES string of the molecule is Cn1cc(-c2cccc(N)c2F)c2c(N)ncnc21.Sc1cc(Cl)cc(Cl)c1. The number of aryl methyl sites for hydroxylation is 1. The lowest BCUT2D eigenvalue weighted by atomic mass is 10.0. The molecule has 4 aromatic rings. The average molecular weight is 436 g/mol. The number of hydrogen-bond acceptors (Lipinski definition) is 5. The van der Waals surface area contributed by atoms with Crippen LogP contribution in [0.3, 0.4) is 0 Å². The lowest BCUT2D eigenvalue weighted by Gasteiger charge is -2.04. The number of nitrogens with two attached hydrogens (primary N) is 2. The second-order valence-corrected chi connectivity index (χ2v) is 7.34. The van der Waals surface area contributed by atoms with Crippen LogP contribution in [0.2, 0.25) is 10.0 Å². The number of fused-ring (bicyclic) bond motifs is 1. The van der Waals surface area contributed by atoms with Crippen LogP contribution in [0.25, 0.3) is 22.2 Å². The van der Waals surface area contributed by atoms with Crippen molar-refractivity contribution in [2.45, 2.75) is 4.90 Å². The van der Waals surface area contributed by atoms with Gasteiger partial charge in [-0.25, -0.2) is 14.4 Å². The van der Waals surface area contributed by atoms with Crippen molar-refractivity contribution < 1.29 is 4.39 Å². The molecule has 0 saturated heterocycles. The highest BCUT2D eigenvalue weighted by Crippen LogP contribution is 2.34. The quantitative estimate of drug-likeness (QED) is 0.282. The fraction of sp³-hybridized carbons (Fsp3) is 0.0526. The van der Waals surface area contributed by atoms with E-state index in [4.69, 9.17) is 34.7 Å². The highest BCUT2D eigenvalue weighted by atomic mass is 35.5. The molecule has 5 nitrogen and oxygen atoms in total. The topological polar surface area (TPSA) is 82.8 Å². The summed E-state index contributed by atoms with van der Waals surface area (Å²) in [5, 5.41) is 1.87. The summed E-state index contributed by atoms with van der Waals surface area (Å²) in [6, 6.07) is 10.0. The molecule has 0 fully saturated rings. The van der Waals surface area contributed by atoms with Crippen molar-refractivity contribution in [1.82, 2.24) is 14.5 Å². The van der Waals surface area contributed by atoms with Crippen LogP contribution in [-0.2, 0) is 7.05 Å². The Balaban J connectivity index is 0.000000211. The monoisotopic (exact) mass is 435 g/mol. The first-order chi connectivity index (χ1) is 13.3. The van der Waals surface area contributed by atoms with Gasteiger partial charge in [-0.2, -0.15) is 0 Å². The Kier molecular flexibility index (Phi) is 5.98. The molecule has 28 heavy (non-hydrogen) atoms. The van der Waals surface area contributed by atoms with Crippen LogP contribution in [0.1, 0.15) is 0 Å². The molecule has 4 rings (SSSR count). The molecule has 0 saturated carbocycles. The molecule has 0 radical (unpaired) electrons. The fourth-order valence-electron chi connectivity index (χ4n) is 2.74. The van der Waals surface area contributed by atoms with Crippen molar-refractivity contribution >= 4 is 58.4 Å². The summed E-state index contributed by atoms with van der Waals surface area (Å²) in [6.45, 7) is 0. The van der Waals surface area contributed by atoms with E-state index in [2.05, 4.69) is 22.6 Å². The van der Waals surface area contributed by atoms with E-state index in [9.17, 15) is 4.39 Å². The van der Waals surface area contributed by atoms with Gasteiger partial charge in [0, 0.05) is 39.3 Å². The van der Waals surface area contributed by atoms with E-state index in [1.807, 2.05) is 7.05 Å². The van der Waals surface area contributed by atoms with E-state index in [0.29, 0.717) is 38.0 Å². The van der Waals surface area contributed by atoms with Gasteiger partial charge < -0.3 is 16.0 Å². The van der Waals surface area contributed by atoms with Crippen molar-refractivity contribution in [2.75, 3.05) is 11.5 Å². The Morgan fingerprint density at radius 1 is 1.04 bits per heavy atom. The number of nitrogen functional groups attached to an aromatic ring is 2. The molecule has 0 atom stereocenters. The Labute approximate surface area is 176 Å². The van der Waals surface area contributed by atoms with Gasteiger partial charge in [-0.1, -0.05) is 35.3 Å². The van der Waals surface area contributed by atoms with Crippen molar-refractivity contribution in [1.29, 1.82) is 0 Å². The molecule has 2 heterocycles. The predicted molar refractivity (Wildman–Crippen MR) is 116 cm³/mol. The summed E-state index contributed by atoms with van der Waals surface area (Å²) in [4.78, 5) is 8.90. The van der Waals surface area contributed by atoms with Crippen LogP contribution < -0.4 is 11.5 Å². The number of nitrogens with zero attached hydrogens (tertiary/aromatic N) is 3. The van der Waals surface area contributed by atoms with Gasteiger partial charge in [0.25, 0.3) is 0 Å². The first kappa shape index (κ1) is 20.3. The number of aromatic nitrogens is 3. The van der Waals surface area contributed by atoms with Crippen LogP contribution >= 0.6 is 35.8 Å². The summed E-state index contributed by atoms with van der Waals surface area (Å²) in [5.74, 6) is -0.138. The molecule has 2 aromatic heterocycles. The maximum Gasteiger partial charge on any atom is 0.153 e. The highest BCUT2D eigenvalue weighted by molar-refractivity contribution is 7.80. The number of rotatable bonds is 1. The van der Waals surface area contributed by atoms with Crippen LogP contribution in [0.4, 0.5) is 15.9 Å². The number of benzene rings is 2. The minimum Gasteiger partial charge on any atom is -0.396 e. The molecule has 0 bridgehead atoms.